The number of hydrazone groups is 1. The van der Waals surface area contributed by atoms with Crippen molar-refractivity contribution >= 4 is 23.6 Å². The quantitative estimate of drug-likeness (QED) is 0.0599. The molecule has 5 rings (SSSR count). The Morgan fingerprint density at radius 2 is 1.64 bits per heavy atom. The molecule has 0 radical (unpaired) electrons. The second-order valence-corrected chi connectivity index (χ2v) is 22.4. The minimum absolute atomic E-state index is 0.0215. The fourth-order valence-corrected chi connectivity index (χ4v) is 11.5. The second-order valence-electron chi connectivity index (χ2n) is 22.4. The van der Waals surface area contributed by atoms with Crippen LogP contribution in [-0.2, 0) is 38.0 Å². The Bertz CT molecular complexity index is 1900. The second kappa shape index (κ2) is 27.4. The molecule has 0 spiro atoms. The maximum atomic E-state index is 14.6. The highest BCUT2D eigenvalue weighted by Crippen LogP contribution is 2.38. The molecule has 4 heterocycles. The highest BCUT2D eigenvalue weighted by atomic mass is 19.1. The monoisotopic (exact) mass is 1040 g/mol. The highest BCUT2D eigenvalue weighted by molar-refractivity contribution is 6.30. The number of β-amino-alcohol motifs (C(OH)–C–C–N with tert-alkyl or cyclic N) is 1. The molecule has 0 bridgehead atoms. The lowest BCUT2D eigenvalue weighted by molar-refractivity contribution is -0.283. The number of ether oxygens (including phenoxy) is 7. The van der Waals surface area contributed by atoms with Gasteiger partial charge >= 0.3 is 5.97 Å². The van der Waals surface area contributed by atoms with Gasteiger partial charge in [0.15, 0.2) is 12.6 Å². The lowest BCUT2D eigenvalue weighted by Crippen LogP contribution is -2.59. The molecule has 1 aromatic carbocycles. The van der Waals surface area contributed by atoms with E-state index >= 15 is 0 Å². The molecule has 18 nitrogen and oxygen atoms in total. The molecule has 73 heavy (non-hydrogen) atoms. The molecule has 1 aromatic rings. The first-order chi connectivity index (χ1) is 34.5. The van der Waals surface area contributed by atoms with Crippen LogP contribution in [0.5, 0.6) is 0 Å². The number of hydrogen-bond donors (Lipinski definition) is 5. The van der Waals surface area contributed by atoms with Crippen molar-refractivity contribution in [2.75, 3.05) is 66.1 Å². The van der Waals surface area contributed by atoms with Crippen molar-refractivity contribution in [2.45, 2.75) is 211 Å². The number of aliphatic imine (C=N–C) groups is 1. The molecule has 0 aliphatic carbocycles. The summed E-state index contributed by atoms with van der Waals surface area (Å²) < 4.78 is 59.2. The van der Waals surface area contributed by atoms with Crippen LogP contribution in [0.15, 0.2) is 34.4 Å². The van der Waals surface area contributed by atoms with Crippen molar-refractivity contribution in [3.63, 3.8) is 0 Å². The first-order valence-electron chi connectivity index (χ1n) is 26.8. The van der Waals surface area contributed by atoms with Crippen LogP contribution in [0.2, 0.25) is 0 Å². The van der Waals surface area contributed by atoms with Gasteiger partial charge in [-0.2, -0.15) is 5.10 Å². The molecule has 0 saturated carbocycles. The Morgan fingerprint density at radius 1 is 0.973 bits per heavy atom. The number of nitrogens with two attached hydrogens (primary N) is 1. The van der Waals surface area contributed by atoms with Crippen LogP contribution in [0.4, 0.5) is 10.1 Å². The van der Waals surface area contributed by atoms with E-state index in [0.717, 1.165) is 24.2 Å². The summed E-state index contributed by atoms with van der Waals surface area (Å²) >= 11 is 0. The lowest BCUT2D eigenvalue weighted by Gasteiger charge is -2.45. The van der Waals surface area contributed by atoms with Crippen LogP contribution in [-0.4, -0.2) is 200 Å². The Kier molecular flexibility index (Phi) is 22.9. The topological polar surface area (TPSA) is 223 Å². The van der Waals surface area contributed by atoms with Gasteiger partial charge in [-0.1, -0.05) is 32.9 Å². The van der Waals surface area contributed by atoms with Crippen LogP contribution in [0.3, 0.4) is 0 Å². The standard InChI is InChI=1S/C54H93FN6O12/c1-14-45-54(9,66)51(64)37(7)60(11)30-32(2)23-44(63)49(35(5)48(36(6)52(65)71-45)73-47-27-53(8,68-13)26-34(4)70-47)72-46-25-41(24-33(3)69-46)59(10)21-19-39(58-56)29-57-43(28-55)50(67-12)38-15-17-40(18-16-38)61-22-20-42(62)31-61/h15-18,29,32-37,41-51,62-64,66H,14,19-28,30-31,56H2,1-13H3/t32-,33-,34+,35+,36-,37-,41+,42-,43-,44-,45-,46+,47+,48?,49-,50-,51-,53+,54-/m1/s1. The number of rotatable bonds is 17. The van der Waals surface area contributed by atoms with Crippen molar-refractivity contribution in [3.05, 3.63) is 29.8 Å². The van der Waals surface area contributed by atoms with Crippen molar-refractivity contribution < 1.29 is 62.8 Å². The number of aliphatic hydroxyl groups excluding tert-OH is 3. The smallest absolute Gasteiger partial charge is 0.311 e. The fourth-order valence-electron chi connectivity index (χ4n) is 11.5. The predicted molar refractivity (Wildman–Crippen MR) is 279 cm³/mol. The summed E-state index contributed by atoms with van der Waals surface area (Å²) in [6.45, 7) is 18.3. The molecule has 418 valence electrons. The summed E-state index contributed by atoms with van der Waals surface area (Å²) in [5.41, 5.74) is -0.0937. The van der Waals surface area contributed by atoms with Gasteiger partial charge in [0.1, 0.15) is 36.6 Å². The zero-order chi connectivity index (χ0) is 53.9. The van der Waals surface area contributed by atoms with Crippen LogP contribution < -0.4 is 10.7 Å². The number of esters is 1. The minimum Gasteiger partial charge on any atom is -0.459 e. The highest BCUT2D eigenvalue weighted by Gasteiger charge is 2.49. The number of aliphatic hydroxyl groups is 4. The first kappa shape index (κ1) is 60.9. The van der Waals surface area contributed by atoms with E-state index in [1.165, 1.54) is 20.2 Å². The molecule has 4 aliphatic rings. The van der Waals surface area contributed by atoms with E-state index in [1.807, 2.05) is 84.8 Å². The summed E-state index contributed by atoms with van der Waals surface area (Å²) in [7, 11) is 7.07. The number of alkyl halides is 1. The van der Waals surface area contributed by atoms with Gasteiger partial charge in [0, 0.05) is 96.0 Å². The zero-order valence-electron chi connectivity index (χ0n) is 46.1. The van der Waals surface area contributed by atoms with E-state index in [9.17, 15) is 29.6 Å². The SMILES string of the molecule is CC[C@H]1OC(=O)[C@H](C)C(O[C@H]2C[C@@](C)(OC)C[C@H](C)O2)[C@H](C)[C@@H](O[C@H]2C[C@@H](N(C)CCC(C=N[C@H](CF)[C@H](OC)c3ccc(N4CC[C@@H](O)C4)cc3)=NN)C[C@@H](C)O2)[C@H](O)C[C@@H](C)CN(C)[C@H](C)[C@@H](O)[C@]1(C)O. The molecule has 6 N–H and O–H groups in total. The largest absolute Gasteiger partial charge is 0.459 e. The number of nitrogens with zero attached hydrogens (tertiary/aromatic N) is 5. The molecule has 19 atom stereocenters. The van der Waals surface area contributed by atoms with Crippen molar-refractivity contribution in [3.8, 4) is 0 Å². The summed E-state index contributed by atoms with van der Waals surface area (Å²) in [6, 6.07) is 6.34. The Morgan fingerprint density at radius 3 is 2.25 bits per heavy atom. The van der Waals surface area contributed by atoms with E-state index in [1.54, 1.807) is 21.0 Å². The van der Waals surface area contributed by atoms with Crippen molar-refractivity contribution in [1.29, 1.82) is 0 Å². The van der Waals surface area contributed by atoms with Crippen LogP contribution in [0, 0.1) is 17.8 Å². The number of benzene rings is 1. The average Bonchev–Trinajstić information content (AvgIpc) is 3.80. The number of likely N-dealkylation sites (N-methyl/N-ethyl adjacent to an activating group) is 1. The van der Waals surface area contributed by atoms with Crippen molar-refractivity contribution in [1.82, 2.24) is 9.80 Å². The molecule has 0 aromatic heterocycles. The van der Waals surface area contributed by atoms with Gasteiger partial charge in [0.2, 0.25) is 0 Å². The van der Waals surface area contributed by atoms with Crippen LogP contribution >= 0.6 is 0 Å². The Labute approximate surface area is 435 Å². The third-order valence-electron chi connectivity index (χ3n) is 16.3. The molecule has 4 aliphatic heterocycles. The van der Waals surface area contributed by atoms with Gasteiger partial charge < -0.3 is 74.1 Å². The molecule has 4 fully saturated rings. The summed E-state index contributed by atoms with van der Waals surface area (Å²) in [5.74, 6) is 3.58. The maximum absolute atomic E-state index is 14.6. The molecule has 4 saturated heterocycles. The van der Waals surface area contributed by atoms with Gasteiger partial charge in [-0.25, -0.2) is 4.39 Å². The summed E-state index contributed by atoms with van der Waals surface area (Å²) in [5, 5.41) is 49.9. The minimum atomic E-state index is -1.79. The van der Waals surface area contributed by atoms with Gasteiger partial charge in [-0.15, -0.1) is 0 Å². The number of hydrogen-bond acceptors (Lipinski definition) is 18. The zero-order valence-corrected chi connectivity index (χ0v) is 46.1. The number of carbonyl (C=O) groups excluding carboxylic acids is 1. The number of anilines is 1. The predicted octanol–water partition coefficient (Wildman–Crippen LogP) is 5.01. The molecular formula is C54H93FN6O12. The summed E-state index contributed by atoms with van der Waals surface area (Å²) in [6.07, 6.45) is -2.73. The lowest BCUT2D eigenvalue weighted by atomic mass is 9.84. The molecular weight excluding hydrogens is 944 g/mol. The van der Waals surface area contributed by atoms with Crippen LogP contribution in [0.1, 0.15) is 125 Å². The number of carbonyl (C=O) groups is 1. The average molecular weight is 1040 g/mol. The van der Waals surface area contributed by atoms with Gasteiger partial charge in [-0.3, -0.25) is 9.79 Å². The van der Waals surface area contributed by atoms with E-state index in [4.69, 9.17) is 39.0 Å². The third kappa shape index (κ3) is 16.1. The Balaban J connectivity index is 1.35. The van der Waals surface area contributed by atoms with E-state index in [-0.39, 0.29) is 36.7 Å². The van der Waals surface area contributed by atoms with Gasteiger partial charge in [0.25, 0.3) is 0 Å². The van der Waals surface area contributed by atoms with Gasteiger partial charge in [0.05, 0.1) is 53.9 Å². The third-order valence-corrected chi connectivity index (χ3v) is 16.3. The number of cyclic esters (lactones) is 1. The summed E-state index contributed by atoms with van der Waals surface area (Å²) in [4.78, 5) is 25.3. The number of halogens is 1. The molecule has 1 unspecified atom stereocenters. The number of methoxy groups -OCH3 is 2. The maximum Gasteiger partial charge on any atom is 0.311 e. The normalized spacial score (nSPS) is 39.1. The van der Waals surface area contributed by atoms with E-state index < -0.39 is 97.0 Å². The van der Waals surface area contributed by atoms with Gasteiger partial charge in [-0.05, 0) is 105 Å². The molecule has 0 amide bonds. The first-order valence-corrected chi connectivity index (χ1v) is 26.8. The fraction of sp³-hybridized carbons (Fsp3) is 0.833. The Hall–Kier alpha value is -2.92. The molecule has 19 heteroatoms. The van der Waals surface area contributed by atoms with Crippen molar-refractivity contribution in [2.24, 2.45) is 33.7 Å². The van der Waals surface area contributed by atoms with E-state index in [0.29, 0.717) is 63.9 Å². The van der Waals surface area contributed by atoms with E-state index in [2.05, 4.69) is 19.9 Å². The van der Waals surface area contributed by atoms with Crippen LogP contribution in [0.25, 0.3) is 0 Å².